The maximum atomic E-state index is 5.72. The van der Waals surface area contributed by atoms with Gasteiger partial charge in [0.25, 0.3) is 0 Å². The molecule has 0 spiro atoms. The second-order valence-electron chi connectivity index (χ2n) is 6.64. The van der Waals surface area contributed by atoms with Gasteiger partial charge in [0, 0.05) is 24.3 Å². The molecular weight excluding hydrogens is 326 g/mol. The summed E-state index contributed by atoms with van der Waals surface area (Å²) >= 11 is 0. The first kappa shape index (κ1) is 16.3. The molecule has 0 aliphatic heterocycles. The van der Waals surface area contributed by atoms with Crippen molar-refractivity contribution in [1.82, 2.24) is 20.0 Å². The van der Waals surface area contributed by atoms with E-state index in [9.17, 15) is 0 Å². The van der Waals surface area contributed by atoms with Crippen LogP contribution in [0.25, 0.3) is 10.8 Å². The van der Waals surface area contributed by atoms with E-state index in [1.54, 1.807) is 0 Å². The molecule has 0 saturated carbocycles. The number of hydrogen-bond acceptors (Lipinski definition) is 5. The fourth-order valence-corrected chi connectivity index (χ4v) is 2.85. The molecule has 0 bridgehead atoms. The maximum absolute atomic E-state index is 5.72. The smallest absolute Gasteiger partial charge is 0.315 e. The van der Waals surface area contributed by atoms with Gasteiger partial charge in [-0.05, 0) is 30.2 Å². The molecule has 0 amide bonds. The Morgan fingerprint density at radius 1 is 1.04 bits per heavy atom. The fourth-order valence-electron chi connectivity index (χ4n) is 2.85. The zero-order chi connectivity index (χ0) is 17.9. The molecule has 4 aromatic rings. The predicted molar refractivity (Wildman–Crippen MR) is 101 cm³/mol. The molecule has 0 fully saturated rings. The molecule has 0 aliphatic rings. The van der Waals surface area contributed by atoms with Crippen molar-refractivity contribution in [3.8, 4) is 0 Å². The molecule has 0 radical (unpaired) electrons. The summed E-state index contributed by atoms with van der Waals surface area (Å²) in [5.74, 6) is 0.598. The molecule has 6 nitrogen and oxygen atoms in total. The highest BCUT2D eigenvalue weighted by Gasteiger charge is 2.08. The Balaban J connectivity index is 1.40. The van der Waals surface area contributed by atoms with E-state index >= 15 is 0 Å². The van der Waals surface area contributed by atoms with Crippen molar-refractivity contribution in [2.45, 2.75) is 32.9 Å². The van der Waals surface area contributed by atoms with E-state index in [0.717, 1.165) is 11.1 Å². The Labute approximate surface area is 151 Å². The van der Waals surface area contributed by atoms with E-state index in [-0.39, 0.29) is 0 Å². The third-order valence-corrected chi connectivity index (χ3v) is 4.26. The number of benzene rings is 2. The molecule has 0 atom stereocenters. The molecule has 6 heteroatoms. The Morgan fingerprint density at radius 3 is 2.69 bits per heavy atom. The molecule has 0 aliphatic carbocycles. The molecule has 0 unspecified atom stereocenters. The monoisotopic (exact) mass is 347 g/mol. The van der Waals surface area contributed by atoms with Gasteiger partial charge < -0.3 is 9.73 Å². The van der Waals surface area contributed by atoms with Crippen molar-refractivity contribution in [2.24, 2.45) is 0 Å². The first-order valence-corrected chi connectivity index (χ1v) is 8.74. The lowest BCUT2D eigenvalue weighted by Crippen LogP contribution is -2.01. The Hall–Kier alpha value is -3.15. The Bertz CT molecular complexity index is 1020. The summed E-state index contributed by atoms with van der Waals surface area (Å²) in [6, 6.07) is 15.5. The predicted octanol–water partition coefficient (Wildman–Crippen LogP) is 4.20. The molecule has 2 aromatic carbocycles. The molecule has 1 N–H and O–H groups in total. The van der Waals surface area contributed by atoms with Gasteiger partial charge in [-0.25, -0.2) is 0 Å². The highest BCUT2D eigenvalue weighted by Crippen LogP contribution is 2.18. The number of nitrogens with zero attached hydrogens (tertiary/aromatic N) is 4. The van der Waals surface area contributed by atoms with Gasteiger partial charge in [0.2, 0.25) is 5.89 Å². The zero-order valence-electron chi connectivity index (χ0n) is 14.9. The van der Waals surface area contributed by atoms with Crippen LogP contribution in [0, 0.1) is 0 Å². The Morgan fingerprint density at radius 2 is 1.88 bits per heavy atom. The number of nitrogens with one attached hydrogen (secondary N) is 1. The second kappa shape index (κ2) is 7.00. The molecule has 0 saturated heterocycles. The Kier molecular flexibility index (Phi) is 4.39. The van der Waals surface area contributed by atoms with Crippen molar-refractivity contribution < 1.29 is 4.42 Å². The molecule has 132 valence electrons. The number of hydrogen-bond donors (Lipinski definition) is 1. The average Bonchev–Trinajstić information content (AvgIpc) is 3.29. The van der Waals surface area contributed by atoms with Crippen LogP contribution in [0.2, 0.25) is 0 Å². The maximum Gasteiger partial charge on any atom is 0.315 e. The van der Waals surface area contributed by atoms with Crippen LogP contribution in [-0.4, -0.2) is 20.0 Å². The molecule has 2 aromatic heterocycles. The van der Waals surface area contributed by atoms with Crippen LogP contribution in [-0.2, 0) is 13.0 Å². The summed E-state index contributed by atoms with van der Waals surface area (Å²) < 4.78 is 7.64. The van der Waals surface area contributed by atoms with Crippen LogP contribution in [0.5, 0.6) is 0 Å². The fraction of sp³-hybridized carbons (Fsp3) is 0.250. The van der Waals surface area contributed by atoms with Crippen molar-refractivity contribution in [2.75, 3.05) is 5.32 Å². The first-order chi connectivity index (χ1) is 12.7. The highest BCUT2D eigenvalue weighted by molar-refractivity contribution is 5.83. The summed E-state index contributed by atoms with van der Waals surface area (Å²) in [4.78, 5) is 0. The quantitative estimate of drug-likeness (QED) is 0.566. The van der Waals surface area contributed by atoms with Crippen LogP contribution in [0.1, 0.15) is 36.9 Å². The van der Waals surface area contributed by atoms with Gasteiger partial charge in [-0.2, -0.15) is 5.10 Å². The highest BCUT2D eigenvalue weighted by atomic mass is 16.4. The van der Waals surface area contributed by atoms with E-state index in [2.05, 4.69) is 64.8 Å². The largest absolute Gasteiger partial charge is 0.408 e. The van der Waals surface area contributed by atoms with E-state index in [4.69, 9.17) is 4.42 Å². The van der Waals surface area contributed by atoms with E-state index in [1.165, 1.54) is 10.8 Å². The third-order valence-electron chi connectivity index (χ3n) is 4.26. The minimum Gasteiger partial charge on any atom is -0.408 e. The summed E-state index contributed by atoms with van der Waals surface area (Å²) in [6.45, 7) is 4.80. The topological polar surface area (TPSA) is 68.8 Å². The van der Waals surface area contributed by atoms with Gasteiger partial charge in [-0.1, -0.05) is 47.6 Å². The number of aromatic nitrogens is 4. The summed E-state index contributed by atoms with van der Waals surface area (Å²) in [5.41, 5.74) is 2.23. The molecule has 4 rings (SSSR count). The molecular formula is C20H21N5O. The molecule has 2 heterocycles. The van der Waals surface area contributed by atoms with Crippen molar-refractivity contribution in [3.05, 3.63) is 71.9 Å². The lowest BCUT2D eigenvalue weighted by molar-refractivity contribution is 0.516. The SMILES string of the molecule is CC(C)n1cc(CNc2nnc(Cc3ccc4ccccc4c3)o2)cn1. The van der Waals surface area contributed by atoms with Crippen molar-refractivity contribution >= 4 is 16.8 Å². The lowest BCUT2D eigenvalue weighted by Gasteiger charge is -2.03. The van der Waals surface area contributed by atoms with Crippen LogP contribution < -0.4 is 5.32 Å². The van der Waals surface area contributed by atoms with Crippen LogP contribution >= 0.6 is 0 Å². The van der Waals surface area contributed by atoms with Crippen molar-refractivity contribution in [1.29, 1.82) is 0 Å². The number of anilines is 1. The van der Waals surface area contributed by atoms with Crippen LogP contribution in [0.3, 0.4) is 0 Å². The lowest BCUT2D eigenvalue weighted by atomic mass is 10.1. The third kappa shape index (κ3) is 3.59. The minimum absolute atomic E-state index is 0.348. The first-order valence-electron chi connectivity index (χ1n) is 8.74. The second-order valence-corrected chi connectivity index (χ2v) is 6.64. The average molecular weight is 347 g/mol. The summed E-state index contributed by atoms with van der Waals surface area (Å²) in [5, 5.41) is 18.1. The number of rotatable bonds is 6. The minimum atomic E-state index is 0.348. The van der Waals surface area contributed by atoms with E-state index in [1.807, 2.05) is 29.2 Å². The van der Waals surface area contributed by atoms with Crippen LogP contribution in [0.4, 0.5) is 6.01 Å². The van der Waals surface area contributed by atoms with Crippen molar-refractivity contribution in [3.63, 3.8) is 0 Å². The van der Waals surface area contributed by atoms with Gasteiger partial charge in [0.05, 0.1) is 12.6 Å². The van der Waals surface area contributed by atoms with Gasteiger partial charge in [0.1, 0.15) is 0 Å². The summed E-state index contributed by atoms with van der Waals surface area (Å²) in [6.07, 6.45) is 4.48. The molecule has 26 heavy (non-hydrogen) atoms. The van der Waals surface area contributed by atoms with Gasteiger partial charge >= 0.3 is 6.01 Å². The zero-order valence-corrected chi connectivity index (χ0v) is 14.9. The van der Waals surface area contributed by atoms with Crippen LogP contribution in [0.15, 0.2) is 59.3 Å². The van der Waals surface area contributed by atoms with Gasteiger partial charge in [-0.3, -0.25) is 4.68 Å². The number of fused-ring (bicyclic) bond motifs is 1. The summed E-state index contributed by atoms with van der Waals surface area (Å²) in [7, 11) is 0. The van der Waals surface area contributed by atoms with E-state index in [0.29, 0.717) is 30.9 Å². The van der Waals surface area contributed by atoms with Gasteiger partial charge in [-0.15, -0.1) is 5.10 Å². The van der Waals surface area contributed by atoms with Gasteiger partial charge in [0.15, 0.2) is 0 Å². The standard InChI is InChI=1S/C20H21N5O/c1-14(2)25-13-16(12-22-25)11-21-20-24-23-19(26-20)10-15-7-8-17-5-3-4-6-18(17)9-15/h3-9,12-14H,10-11H2,1-2H3,(H,21,24). The normalized spacial score (nSPS) is 11.3. The van der Waals surface area contributed by atoms with E-state index < -0.39 is 0 Å².